The van der Waals surface area contributed by atoms with Crippen LogP contribution >= 0.6 is 12.6 Å². The second kappa shape index (κ2) is 6.64. The summed E-state index contributed by atoms with van der Waals surface area (Å²) in [6.07, 6.45) is 3.77. The fourth-order valence-corrected chi connectivity index (χ4v) is 2.63. The molecule has 1 aliphatic heterocycles. The highest BCUT2D eigenvalue weighted by Crippen LogP contribution is 2.23. The molecular weight excluding hydrogens is 232 g/mol. The summed E-state index contributed by atoms with van der Waals surface area (Å²) in [4.78, 5) is 16.0. The van der Waals surface area contributed by atoms with Gasteiger partial charge in [-0.25, -0.2) is 0 Å². The first-order chi connectivity index (χ1) is 8.01. The highest BCUT2D eigenvalue weighted by molar-refractivity contribution is 7.81. The molecule has 100 valence electrons. The molecule has 1 saturated heterocycles. The van der Waals surface area contributed by atoms with Gasteiger partial charge in [0.05, 0.1) is 5.75 Å². The summed E-state index contributed by atoms with van der Waals surface area (Å²) < 4.78 is 0. The van der Waals surface area contributed by atoms with Crippen molar-refractivity contribution >= 4 is 18.5 Å². The highest BCUT2D eigenvalue weighted by Gasteiger charge is 2.30. The van der Waals surface area contributed by atoms with Crippen molar-refractivity contribution < 1.29 is 4.79 Å². The van der Waals surface area contributed by atoms with Gasteiger partial charge < -0.3 is 4.90 Å². The molecule has 17 heavy (non-hydrogen) atoms. The molecule has 0 aromatic rings. The number of unbranched alkanes of at least 4 members (excludes halogenated alkanes) is 1. The predicted molar refractivity (Wildman–Crippen MR) is 75.6 cm³/mol. The van der Waals surface area contributed by atoms with Crippen LogP contribution in [-0.4, -0.2) is 53.2 Å². The molecule has 1 rings (SSSR count). The van der Waals surface area contributed by atoms with Gasteiger partial charge in [-0.05, 0) is 20.3 Å². The van der Waals surface area contributed by atoms with Crippen LogP contribution < -0.4 is 0 Å². The first kappa shape index (κ1) is 14.8. The van der Waals surface area contributed by atoms with Gasteiger partial charge in [0, 0.05) is 31.7 Å². The third-order valence-electron chi connectivity index (χ3n) is 3.77. The molecule has 0 spiro atoms. The zero-order chi connectivity index (χ0) is 12.9. The number of nitrogens with zero attached hydrogens (tertiary/aromatic N) is 2. The molecule has 0 radical (unpaired) electrons. The lowest BCUT2D eigenvalue weighted by molar-refractivity contribution is -0.131. The molecule has 0 N–H and O–H groups in total. The maximum Gasteiger partial charge on any atom is 0.232 e. The minimum Gasteiger partial charge on any atom is -0.339 e. The summed E-state index contributed by atoms with van der Waals surface area (Å²) in [6, 6.07) is 0. The smallest absolute Gasteiger partial charge is 0.232 e. The first-order valence-electron chi connectivity index (χ1n) is 6.65. The molecular formula is C13H26N2OS. The summed E-state index contributed by atoms with van der Waals surface area (Å²) >= 11 is 4.05. The Kier molecular flexibility index (Phi) is 5.80. The maximum absolute atomic E-state index is 11.5. The maximum atomic E-state index is 11.5. The van der Waals surface area contributed by atoms with Crippen LogP contribution in [0.2, 0.25) is 0 Å². The van der Waals surface area contributed by atoms with E-state index >= 15 is 0 Å². The van der Waals surface area contributed by atoms with Crippen molar-refractivity contribution in [3.63, 3.8) is 0 Å². The number of carbonyl (C=O) groups is 1. The molecule has 0 bridgehead atoms. The van der Waals surface area contributed by atoms with Gasteiger partial charge in [-0.2, -0.15) is 12.6 Å². The molecule has 0 aliphatic carbocycles. The van der Waals surface area contributed by atoms with Gasteiger partial charge in [-0.15, -0.1) is 0 Å². The first-order valence-corrected chi connectivity index (χ1v) is 7.28. The van der Waals surface area contributed by atoms with Crippen LogP contribution in [0.3, 0.4) is 0 Å². The van der Waals surface area contributed by atoms with Gasteiger partial charge in [0.25, 0.3) is 0 Å². The molecule has 1 heterocycles. The van der Waals surface area contributed by atoms with Crippen LogP contribution in [0.4, 0.5) is 0 Å². The zero-order valence-corrected chi connectivity index (χ0v) is 12.3. The molecule has 4 heteroatoms. The van der Waals surface area contributed by atoms with Gasteiger partial charge in [0.2, 0.25) is 5.91 Å². The van der Waals surface area contributed by atoms with Crippen LogP contribution in [-0.2, 0) is 4.79 Å². The second-order valence-corrected chi connectivity index (χ2v) is 5.76. The molecule has 3 nitrogen and oxygen atoms in total. The number of hydrogen-bond acceptors (Lipinski definition) is 3. The minimum atomic E-state index is 0.166. The van der Waals surface area contributed by atoms with Crippen LogP contribution in [0.5, 0.6) is 0 Å². The number of hydrogen-bond donors (Lipinski definition) is 1. The van der Waals surface area contributed by atoms with Gasteiger partial charge in [0.1, 0.15) is 0 Å². The van der Waals surface area contributed by atoms with Crippen molar-refractivity contribution in [3.05, 3.63) is 0 Å². The van der Waals surface area contributed by atoms with Crippen LogP contribution in [0.15, 0.2) is 0 Å². The van der Waals surface area contributed by atoms with E-state index in [-0.39, 0.29) is 11.4 Å². The van der Waals surface area contributed by atoms with E-state index in [1.54, 1.807) is 0 Å². The van der Waals surface area contributed by atoms with Gasteiger partial charge in [0.15, 0.2) is 0 Å². The minimum absolute atomic E-state index is 0.166. The average molecular weight is 258 g/mol. The van der Waals surface area contributed by atoms with E-state index < -0.39 is 0 Å². The topological polar surface area (TPSA) is 23.6 Å². The van der Waals surface area contributed by atoms with E-state index in [4.69, 9.17) is 0 Å². The Morgan fingerprint density at radius 3 is 2.29 bits per heavy atom. The Balaban J connectivity index is 2.42. The Morgan fingerprint density at radius 2 is 1.82 bits per heavy atom. The summed E-state index contributed by atoms with van der Waals surface area (Å²) in [5.41, 5.74) is 0.270. The Labute approximate surface area is 111 Å². The van der Waals surface area contributed by atoms with E-state index in [1.807, 2.05) is 4.90 Å². The number of piperazine rings is 1. The average Bonchev–Trinajstić information content (AvgIpc) is 2.35. The second-order valence-electron chi connectivity index (χ2n) is 5.44. The molecule has 1 aliphatic rings. The lowest BCUT2D eigenvalue weighted by Crippen LogP contribution is -2.55. The lowest BCUT2D eigenvalue weighted by atomic mass is 9.94. The van der Waals surface area contributed by atoms with Crippen molar-refractivity contribution in [2.75, 3.05) is 31.9 Å². The molecule has 0 saturated carbocycles. The predicted octanol–water partition coefficient (Wildman–Crippen LogP) is 2.03. The molecule has 1 amide bonds. The quantitative estimate of drug-likeness (QED) is 0.763. The van der Waals surface area contributed by atoms with Gasteiger partial charge >= 0.3 is 0 Å². The zero-order valence-electron chi connectivity index (χ0n) is 11.4. The number of amides is 1. The number of thiol groups is 1. The standard InChI is InChI=1S/C13H26N2OS/c1-4-5-6-13(2,3)15-9-7-14(8-10-15)12(16)11-17/h17H,4-11H2,1-3H3. The van der Waals surface area contributed by atoms with Crippen molar-refractivity contribution in [2.45, 2.75) is 45.6 Å². The Bertz CT molecular complexity index is 248. The third kappa shape index (κ3) is 4.18. The SMILES string of the molecule is CCCCC(C)(C)N1CCN(C(=O)CS)CC1. The van der Waals surface area contributed by atoms with Crippen LogP contribution in [0, 0.1) is 0 Å². The van der Waals surface area contributed by atoms with Crippen molar-refractivity contribution in [3.8, 4) is 0 Å². The Hall–Kier alpha value is -0.220. The monoisotopic (exact) mass is 258 g/mol. The number of rotatable bonds is 5. The van der Waals surface area contributed by atoms with Crippen molar-refractivity contribution in [1.82, 2.24) is 9.80 Å². The van der Waals surface area contributed by atoms with Crippen molar-refractivity contribution in [2.24, 2.45) is 0 Å². The van der Waals surface area contributed by atoms with Gasteiger partial charge in [-0.3, -0.25) is 9.69 Å². The van der Waals surface area contributed by atoms with E-state index in [9.17, 15) is 4.79 Å². The highest BCUT2D eigenvalue weighted by atomic mass is 32.1. The van der Waals surface area contributed by atoms with Crippen molar-refractivity contribution in [1.29, 1.82) is 0 Å². The summed E-state index contributed by atoms with van der Waals surface area (Å²) in [7, 11) is 0. The fraction of sp³-hybridized carbons (Fsp3) is 0.923. The molecule has 1 fully saturated rings. The van der Waals surface area contributed by atoms with E-state index in [0.29, 0.717) is 5.75 Å². The number of carbonyl (C=O) groups excluding carboxylic acids is 1. The molecule has 0 aromatic carbocycles. The molecule has 0 atom stereocenters. The van der Waals surface area contributed by atoms with Crippen LogP contribution in [0.1, 0.15) is 40.0 Å². The van der Waals surface area contributed by atoms with E-state index in [0.717, 1.165) is 26.2 Å². The van der Waals surface area contributed by atoms with E-state index in [1.165, 1.54) is 19.3 Å². The lowest BCUT2D eigenvalue weighted by Gasteiger charge is -2.44. The summed E-state index contributed by atoms with van der Waals surface area (Å²) in [5, 5.41) is 0. The van der Waals surface area contributed by atoms with Crippen LogP contribution in [0.25, 0.3) is 0 Å². The summed E-state index contributed by atoms with van der Waals surface area (Å²) in [6.45, 7) is 10.6. The largest absolute Gasteiger partial charge is 0.339 e. The Morgan fingerprint density at radius 1 is 1.24 bits per heavy atom. The third-order valence-corrected chi connectivity index (χ3v) is 4.04. The van der Waals surface area contributed by atoms with E-state index in [2.05, 4.69) is 38.3 Å². The normalized spacial score (nSPS) is 18.5. The molecule has 0 aromatic heterocycles. The fourth-order valence-electron chi connectivity index (χ4n) is 2.43. The summed E-state index contributed by atoms with van der Waals surface area (Å²) in [5.74, 6) is 0.499. The van der Waals surface area contributed by atoms with Gasteiger partial charge in [-0.1, -0.05) is 19.8 Å². The molecule has 0 unspecified atom stereocenters.